The molecule has 0 heterocycles. The van der Waals surface area contributed by atoms with Gasteiger partial charge >= 0.3 is 0 Å². The number of rotatable bonds is 10. The first-order valence-corrected chi connectivity index (χ1v) is 13.7. The van der Waals surface area contributed by atoms with E-state index in [4.69, 9.17) is 4.74 Å². The molecule has 0 amide bonds. The summed E-state index contributed by atoms with van der Waals surface area (Å²) in [6.45, 7) is 4.43. The summed E-state index contributed by atoms with van der Waals surface area (Å²) in [4.78, 5) is 0. The standard InChI is InChI=1S/C33H37F3O/c1-3-5-6-7-23-10-15-26(16-11-23)28-19-20-29(33(36)32(28)35)27-17-12-24(13-18-27)8-9-25-14-21-31(37-4-2)30(34)22-25/h8-11,14-16,19-22,24,27H,3-7,12-13,17-18H2,1-2H3. The first kappa shape index (κ1) is 27.0. The summed E-state index contributed by atoms with van der Waals surface area (Å²) in [6.07, 6.45) is 12.0. The average molecular weight is 507 g/mol. The smallest absolute Gasteiger partial charge is 0.166 e. The minimum absolute atomic E-state index is 0.0112. The SMILES string of the molecule is CCCCCc1ccc(-c2ccc(C3CCC(C=Cc4ccc(OCC)c(F)c4)CC3)c(F)c2F)cc1. The predicted molar refractivity (Wildman–Crippen MR) is 146 cm³/mol. The minimum Gasteiger partial charge on any atom is -0.491 e. The van der Waals surface area contributed by atoms with Crippen molar-refractivity contribution in [3.63, 3.8) is 0 Å². The fourth-order valence-corrected chi connectivity index (χ4v) is 5.30. The van der Waals surface area contributed by atoms with Crippen LogP contribution in [0.5, 0.6) is 5.75 Å². The molecule has 196 valence electrons. The van der Waals surface area contributed by atoms with Crippen LogP contribution in [-0.4, -0.2) is 6.61 Å². The van der Waals surface area contributed by atoms with Gasteiger partial charge in [0.1, 0.15) is 0 Å². The normalized spacial score (nSPS) is 17.9. The van der Waals surface area contributed by atoms with Crippen molar-refractivity contribution in [3.8, 4) is 16.9 Å². The summed E-state index contributed by atoms with van der Waals surface area (Å²) >= 11 is 0. The number of hydrogen-bond donors (Lipinski definition) is 0. The van der Waals surface area contributed by atoms with E-state index in [2.05, 4.69) is 13.0 Å². The number of ether oxygens (including phenoxy) is 1. The molecule has 0 saturated heterocycles. The zero-order chi connectivity index (χ0) is 26.2. The first-order valence-electron chi connectivity index (χ1n) is 13.7. The van der Waals surface area contributed by atoms with Gasteiger partial charge in [0.05, 0.1) is 6.61 Å². The molecule has 4 rings (SSSR count). The number of unbranched alkanes of at least 4 members (excludes halogenated alkanes) is 2. The van der Waals surface area contributed by atoms with Gasteiger partial charge in [0.15, 0.2) is 23.2 Å². The van der Waals surface area contributed by atoms with Crippen LogP contribution < -0.4 is 4.74 Å². The Bertz CT molecular complexity index is 1190. The van der Waals surface area contributed by atoms with Gasteiger partial charge in [-0.2, -0.15) is 0 Å². The van der Waals surface area contributed by atoms with E-state index in [0.717, 1.165) is 44.1 Å². The van der Waals surface area contributed by atoms with Crippen LogP contribution in [0.4, 0.5) is 13.2 Å². The molecule has 0 N–H and O–H groups in total. The van der Waals surface area contributed by atoms with E-state index >= 15 is 8.78 Å². The van der Waals surface area contributed by atoms with Crippen molar-refractivity contribution in [2.24, 2.45) is 5.92 Å². The summed E-state index contributed by atoms with van der Waals surface area (Å²) in [7, 11) is 0. The summed E-state index contributed by atoms with van der Waals surface area (Å²) in [6, 6.07) is 16.3. The van der Waals surface area contributed by atoms with Gasteiger partial charge in [-0.05, 0) is 91.7 Å². The summed E-state index contributed by atoms with van der Waals surface area (Å²) < 4.78 is 49.6. The molecule has 0 aromatic heterocycles. The van der Waals surface area contributed by atoms with Crippen molar-refractivity contribution >= 4 is 6.08 Å². The number of halogens is 3. The molecule has 0 unspecified atom stereocenters. The number of aryl methyl sites for hydroxylation is 1. The Labute approximate surface area is 219 Å². The van der Waals surface area contributed by atoms with Crippen molar-refractivity contribution in [1.82, 2.24) is 0 Å². The Kier molecular flexibility index (Phi) is 9.49. The topological polar surface area (TPSA) is 9.23 Å². The van der Waals surface area contributed by atoms with Crippen LogP contribution in [0.2, 0.25) is 0 Å². The van der Waals surface area contributed by atoms with Gasteiger partial charge < -0.3 is 4.74 Å². The van der Waals surface area contributed by atoms with Gasteiger partial charge in [-0.25, -0.2) is 13.2 Å². The number of allylic oxidation sites excluding steroid dienone is 1. The van der Waals surface area contributed by atoms with Crippen LogP contribution in [0.15, 0.2) is 60.7 Å². The molecule has 1 aliphatic rings. The lowest BCUT2D eigenvalue weighted by Gasteiger charge is -2.27. The van der Waals surface area contributed by atoms with Crippen molar-refractivity contribution in [2.45, 2.75) is 71.1 Å². The first-order chi connectivity index (χ1) is 18.0. The van der Waals surface area contributed by atoms with E-state index in [0.29, 0.717) is 29.2 Å². The molecule has 3 aromatic rings. The molecular weight excluding hydrogens is 469 g/mol. The second-order valence-electron chi connectivity index (χ2n) is 10.1. The largest absolute Gasteiger partial charge is 0.491 e. The highest BCUT2D eigenvalue weighted by Gasteiger charge is 2.25. The Morgan fingerprint density at radius 1 is 0.838 bits per heavy atom. The second kappa shape index (κ2) is 13.0. The molecule has 1 aliphatic carbocycles. The lowest BCUT2D eigenvalue weighted by Crippen LogP contribution is -2.13. The lowest BCUT2D eigenvalue weighted by atomic mass is 9.78. The van der Waals surface area contributed by atoms with Crippen molar-refractivity contribution < 1.29 is 17.9 Å². The Morgan fingerprint density at radius 3 is 2.27 bits per heavy atom. The summed E-state index contributed by atoms with van der Waals surface area (Å²) in [5, 5.41) is 0. The highest BCUT2D eigenvalue weighted by atomic mass is 19.2. The Balaban J connectivity index is 1.37. The van der Waals surface area contributed by atoms with E-state index in [1.54, 1.807) is 18.2 Å². The molecule has 3 aromatic carbocycles. The van der Waals surface area contributed by atoms with Crippen LogP contribution in [0.3, 0.4) is 0 Å². The van der Waals surface area contributed by atoms with Gasteiger partial charge in [0.2, 0.25) is 0 Å². The highest BCUT2D eigenvalue weighted by molar-refractivity contribution is 5.65. The quantitative estimate of drug-likeness (QED) is 0.249. The average Bonchev–Trinajstić information content (AvgIpc) is 2.91. The molecule has 0 spiro atoms. The number of hydrogen-bond acceptors (Lipinski definition) is 1. The maximum atomic E-state index is 15.2. The van der Waals surface area contributed by atoms with Crippen molar-refractivity contribution in [3.05, 3.63) is 94.8 Å². The fraction of sp³-hybridized carbons (Fsp3) is 0.394. The molecule has 0 atom stereocenters. The Morgan fingerprint density at radius 2 is 1.59 bits per heavy atom. The van der Waals surface area contributed by atoms with E-state index < -0.39 is 11.6 Å². The molecule has 0 bridgehead atoms. The number of benzene rings is 3. The zero-order valence-electron chi connectivity index (χ0n) is 21.9. The molecule has 1 fully saturated rings. The third-order valence-electron chi connectivity index (χ3n) is 7.47. The highest BCUT2D eigenvalue weighted by Crippen LogP contribution is 2.39. The maximum absolute atomic E-state index is 15.2. The minimum atomic E-state index is -0.754. The molecular formula is C33H37F3O. The van der Waals surface area contributed by atoms with Crippen LogP contribution in [0.1, 0.15) is 81.4 Å². The van der Waals surface area contributed by atoms with Crippen molar-refractivity contribution in [1.29, 1.82) is 0 Å². The van der Waals surface area contributed by atoms with Crippen LogP contribution in [0.25, 0.3) is 17.2 Å². The van der Waals surface area contributed by atoms with Gasteiger partial charge in [0.25, 0.3) is 0 Å². The third-order valence-corrected chi connectivity index (χ3v) is 7.47. The summed E-state index contributed by atoms with van der Waals surface area (Å²) in [5.41, 5.74) is 3.53. The molecule has 4 heteroatoms. The lowest BCUT2D eigenvalue weighted by molar-refractivity contribution is 0.321. The molecule has 0 aliphatic heterocycles. The van der Waals surface area contributed by atoms with Gasteiger partial charge in [-0.1, -0.05) is 74.4 Å². The summed E-state index contributed by atoms with van der Waals surface area (Å²) in [5.74, 6) is -1.22. The fourth-order valence-electron chi connectivity index (χ4n) is 5.30. The van der Waals surface area contributed by atoms with Crippen molar-refractivity contribution in [2.75, 3.05) is 6.61 Å². The van der Waals surface area contributed by atoms with Crippen LogP contribution in [-0.2, 0) is 6.42 Å². The van der Waals surface area contributed by atoms with Gasteiger partial charge in [-0.15, -0.1) is 0 Å². The second-order valence-corrected chi connectivity index (χ2v) is 10.1. The van der Waals surface area contributed by atoms with E-state index in [9.17, 15) is 4.39 Å². The molecule has 1 nitrogen and oxygen atoms in total. The molecule has 0 radical (unpaired) electrons. The van der Waals surface area contributed by atoms with Gasteiger partial charge in [0, 0.05) is 5.56 Å². The third kappa shape index (κ3) is 6.85. The van der Waals surface area contributed by atoms with E-state index in [1.807, 2.05) is 43.3 Å². The van der Waals surface area contributed by atoms with E-state index in [-0.39, 0.29) is 17.5 Å². The maximum Gasteiger partial charge on any atom is 0.166 e. The zero-order valence-corrected chi connectivity index (χ0v) is 21.9. The molecule has 37 heavy (non-hydrogen) atoms. The molecule has 1 saturated carbocycles. The van der Waals surface area contributed by atoms with Gasteiger partial charge in [-0.3, -0.25) is 0 Å². The predicted octanol–water partition coefficient (Wildman–Crippen LogP) is 9.89. The van der Waals surface area contributed by atoms with Crippen LogP contribution >= 0.6 is 0 Å². The monoisotopic (exact) mass is 506 g/mol. The Hall–Kier alpha value is -3.01. The van der Waals surface area contributed by atoms with Crippen LogP contribution in [0, 0.1) is 23.4 Å². The van der Waals surface area contributed by atoms with E-state index in [1.165, 1.54) is 24.5 Å².